The van der Waals surface area contributed by atoms with E-state index in [1.807, 2.05) is 0 Å². The second-order valence-corrected chi connectivity index (χ2v) is 7.15. The van der Waals surface area contributed by atoms with Gasteiger partial charge in [-0.05, 0) is 30.5 Å². The number of phenolic OH excluding ortho intramolecular Hbond substituents is 1. The average molecular weight is 386 g/mol. The fourth-order valence-corrected chi connectivity index (χ4v) is 3.52. The van der Waals surface area contributed by atoms with E-state index in [9.17, 15) is 14.7 Å². The van der Waals surface area contributed by atoms with Crippen LogP contribution in [0.25, 0.3) is 0 Å². The number of ether oxygens (including phenoxy) is 1. The maximum Gasteiger partial charge on any atom is 0.328 e. The predicted octanol–water partition coefficient (Wildman–Crippen LogP) is 2.39. The van der Waals surface area contributed by atoms with Crippen LogP contribution in [-0.4, -0.2) is 45.1 Å². The van der Waals surface area contributed by atoms with Gasteiger partial charge >= 0.3 is 5.97 Å². The fraction of sp³-hybridized carbons (Fsp3) is 0.500. The molecule has 1 aromatic carbocycles. The molecular weight excluding hydrogens is 360 g/mol. The summed E-state index contributed by atoms with van der Waals surface area (Å²) in [7, 11) is 1.28. The molecule has 3 rings (SSSR count). The number of phenols is 1. The molecule has 8 heteroatoms. The number of benzene rings is 1. The number of nitrogens with one attached hydrogen (secondary N) is 1. The Morgan fingerprint density at radius 3 is 2.54 bits per heavy atom. The lowest BCUT2D eigenvalue weighted by Gasteiger charge is -2.16. The van der Waals surface area contributed by atoms with E-state index in [0.717, 1.165) is 31.2 Å². The lowest BCUT2D eigenvalue weighted by Crippen LogP contribution is -2.43. The number of hydrogen-bond donors (Lipinski definition) is 2. The summed E-state index contributed by atoms with van der Waals surface area (Å²) in [6.07, 6.45) is 8.75. The molecule has 0 radical (unpaired) electrons. The van der Waals surface area contributed by atoms with E-state index in [0.29, 0.717) is 0 Å². The van der Waals surface area contributed by atoms with Gasteiger partial charge in [0.25, 0.3) is 5.91 Å². The molecule has 0 saturated heterocycles. The maximum absolute atomic E-state index is 12.6. The van der Waals surface area contributed by atoms with Gasteiger partial charge in [-0.15, -0.1) is 5.10 Å². The van der Waals surface area contributed by atoms with Gasteiger partial charge in [0.2, 0.25) is 0 Å². The number of carbonyl (C=O) groups excluding carboxylic acids is 2. The third-order valence-corrected chi connectivity index (χ3v) is 5.11. The quantitative estimate of drug-likeness (QED) is 0.583. The van der Waals surface area contributed by atoms with Crippen molar-refractivity contribution in [2.45, 2.75) is 57.0 Å². The van der Waals surface area contributed by atoms with Gasteiger partial charge in [0.1, 0.15) is 11.8 Å². The van der Waals surface area contributed by atoms with Gasteiger partial charge in [0.05, 0.1) is 19.3 Å². The largest absolute Gasteiger partial charge is 0.508 e. The molecule has 150 valence electrons. The van der Waals surface area contributed by atoms with Gasteiger partial charge < -0.3 is 15.2 Å². The van der Waals surface area contributed by atoms with Crippen molar-refractivity contribution >= 4 is 11.9 Å². The first-order valence-electron chi connectivity index (χ1n) is 9.65. The first-order valence-corrected chi connectivity index (χ1v) is 9.65. The summed E-state index contributed by atoms with van der Waals surface area (Å²) in [5, 5.41) is 20.2. The maximum atomic E-state index is 12.6. The topological polar surface area (TPSA) is 106 Å². The summed E-state index contributed by atoms with van der Waals surface area (Å²) in [5.74, 6) is -0.871. The minimum Gasteiger partial charge on any atom is -0.508 e. The zero-order chi connectivity index (χ0) is 19.9. The number of esters is 1. The van der Waals surface area contributed by atoms with Gasteiger partial charge in [0.15, 0.2) is 5.69 Å². The highest BCUT2D eigenvalue weighted by Crippen LogP contribution is 2.26. The third-order valence-electron chi connectivity index (χ3n) is 5.11. The zero-order valence-electron chi connectivity index (χ0n) is 16.0. The fourth-order valence-electron chi connectivity index (χ4n) is 3.52. The van der Waals surface area contributed by atoms with Crippen LogP contribution in [0.2, 0.25) is 0 Å². The molecule has 2 N–H and O–H groups in total. The van der Waals surface area contributed by atoms with Crippen molar-refractivity contribution in [3.63, 3.8) is 0 Å². The van der Waals surface area contributed by atoms with E-state index in [4.69, 9.17) is 4.74 Å². The van der Waals surface area contributed by atoms with Crippen LogP contribution in [0.4, 0.5) is 0 Å². The molecule has 1 atom stereocenters. The molecule has 0 bridgehead atoms. The highest BCUT2D eigenvalue weighted by atomic mass is 16.5. The van der Waals surface area contributed by atoms with E-state index in [1.54, 1.807) is 23.0 Å². The van der Waals surface area contributed by atoms with E-state index >= 15 is 0 Å². The molecule has 1 saturated carbocycles. The minimum atomic E-state index is -0.856. The Labute approximate surface area is 163 Å². The molecule has 1 fully saturated rings. The van der Waals surface area contributed by atoms with Crippen molar-refractivity contribution in [3.05, 3.63) is 41.7 Å². The normalized spacial score (nSPS) is 16.2. The monoisotopic (exact) mass is 386 g/mol. The second kappa shape index (κ2) is 9.34. The van der Waals surface area contributed by atoms with Crippen LogP contribution in [0.5, 0.6) is 5.75 Å². The van der Waals surface area contributed by atoms with Crippen molar-refractivity contribution in [2.24, 2.45) is 0 Å². The van der Waals surface area contributed by atoms with E-state index < -0.39 is 17.9 Å². The van der Waals surface area contributed by atoms with Crippen LogP contribution in [-0.2, 0) is 16.0 Å². The molecule has 28 heavy (non-hydrogen) atoms. The second-order valence-electron chi connectivity index (χ2n) is 7.15. The molecule has 8 nitrogen and oxygen atoms in total. The van der Waals surface area contributed by atoms with Gasteiger partial charge in [-0.1, -0.05) is 43.0 Å². The molecule has 0 spiro atoms. The van der Waals surface area contributed by atoms with Crippen molar-refractivity contribution < 1.29 is 19.4 Å². The van der Waals surface area contributed by atoms with Gasteiger partial charge in [-0.25, -0.2) is 9.48 Å². The Morgan fingerprint density at radius 1 is 1.21 bits per heavy atom. The summed E-state index contributed by atoms with van der Waals surface area (Å²) in [6, 6.07) is 5.86. The number of methoxy groups -OCH3 is 1. The Kier molecular flexibility index (Phi) is 6.62. The van der Waals surface area contributed by atoms with Crippen LogP contribution in [0.3, 0.4) is 0 Å². The zero-order valence-corrected chi connectivity index (χ0v) is 16.0. The average Bonchev–Trinajstić information content (AvgIpc) is 3.04. The predicted molar refractivity (Wildman–Crippen MR) is 102 cm³/mol. The van der Waals surface area contributed by atoms with Crippen LogP contribution in [0, 0.1) is 0 Å². The molecule has 0 unspecified atom stereocenters. The van der Waals surface area contributed by atoms with Crippen LogP contribution >= 0.6 is 0 Å². The number of carbonyl (C=O) groups is 2. The molecule has 1 aliphatic carbocycles. The highest BCUT2D eigenvalue weighted by Gasteiger charge is 2.25. The third kappa shape index (κ3) is 5.09. The first-order chi connectivity index (χ1) is 13.6. The van der Waals surface area contributed by atoms with Crippen LogP contribution in [0.1, 0.15) is 60.6 Å². The molecule has 1 heterocycles. The SMILES string of the molecule is COC(=O)[C@H](Cc1ccc(O)cc1)NC(=O)c1cn(C2CCCCCC2)nn1. The summed E-state index contributed by atoms with van der Waals surface area (Å²) in [4.78, 5) is 24.7. The molecule has 1 aromatic heterocycles. The molecule has 1 amide bonds. The number of rotatable bonds is 6. The summed E-state index contributed by atoms with van der Waals surface area (Å²) in [6.45, 7) is 0. The summed E-state index contributed by atoms with van der Waals surface area (Å²) < 4.78 is 6.59. The molecular formula is C20H26N4O4. The summed E-state index contributed by atoms with van der Waals surface area (Å²) >= 11 is 0. The van der Waals surface area contributed by atoms with E-state index in [-0.39, 0.29) is 23.9 Å². The van der Waals surface area contributed by atoms with Crippen molar-refractivity contribution in [3.8, 4) is 5.75 Å². The Balaban J connectivity index is 1.67. The van der Waals surface area contributed by atoms with Gasteiger partial charge in [0, 0.05) is 6.42 Å². The minimum absolute atomic E-state index is 0.137. The number of hydrogen-bond acceptors (Lipinski definition) is 6. The number of amides is 1. The standard InChI is InChI=1S/C20H26N4O4/c1-28-20(27)17(12-14-8-10-16(25)11-9-14)21-19(26)18-13-24(23-22-18)15-6-4-2-3-5-7-15/h8-11,13,15,17,25H,2-7,12H2,1H3,(H,21,26)/t17-/m0/s1. The number of aromatic nitrogens is 3. The highest BCUT2D eigenvalue weighted by molar-refractivity contribution is 5.95. The Hall–Kier alpha value is -2.90. The lowest BCUT2D eigenvalue weighted by molar-refractivity contribution is -0.142. The van der Waals surface area contributed by atoms with Crippen LogP contribution in [0.15, 0.2) is 30.5 Å². The van der Waals surface area contributed by atoms with Gasteiger partial charge in [-0.2, -0.15) is 0 Å². The number of aromatic hydroxyl groups is 1. The van der Waals surface area contributed by atoms with Crippen molar-refractivity contribution in [1.82, 2.24) is 20.3 Å². The summed E-state index contributed by atoms with van der Waals surface area (Å²) in [5.41, 5.74) is 0.972. The first kappa shape index (κ1) is 19.9. The molecule has 1 aliphatic rings. The Morgan fingerprint density at radius 2 is 1.89 bits per heavy atom. The van der Waals surface area contributed by atoms with Gasteiger partial charge in [-0.3, -0.25) is 4.79 Å². The van der Waals surface area contributed by atoms with Crippen LogP contribution < -0.4 is 5.32 Å². The number of nitrogens with zero attached hydrogens (tertiary/aromatic N) is 3. The van der Waals surface area contributed by atoms with Crippen molar-refractivity contribution in [1.29, 1.82) is 0 Å². The Bertz CT molecular complexity index is 795. The lowest BCUT2D eigenvalue weighted by atomic mass is 10.1. The van der Waals surface area contributed by atoms with Crippen molar-refractivity contribution in [2.75, 3.05) is 7.11 Å². The molecule has 0 aliphatic heterocycles. The molecule has 2 aromatic rings. The van der Waals surface area contributed by atoms with E-state index in [1.165, 1.54) is 32.1 Å². The van der Waals surface area contributed by atoms with E-state index in [2.05, 4.69) is 15.6 Å². The smallest absolute Gasteiger partial charge is 0.328 e.